The topological polar surface area (TPSA) is 75.3 Å². The van der Waals surface area contributed by atoms with Crippen molar-refractivity contribution in [2.45, 2.75) is 39.0 Å². The Morgan fingerprint density at radius 1 is 1.15 bits per heavy atom. The average Bonchev–Trinajstić information content (AvgIpc) is 2.58. The van der Waals surface area contributed by atoms with E-state index in [1.165, 1.54) is 12.1 Å². The molecule has 0 atom stereocenters. The number of rotatable bonds is 6. The SMILES string of the molecule is CCC(C)(C)C(=O)Nc1cccc(S(=O)(=O)Nc2cc(C)ccc2I)c1. The number of amides is 1. The summed E-state index contributed by atoms with van der Waals surface area (Å²) in [5.41, 5.74) is 1.43. The molecule has 0 fully saturated rings. The number of carbonyl (C=O) groups is 1. The first kappa shape index (κ1) is 20.7. The molecule has 0 saturated heterocycles. The van der Waals surface area contributed by atoms with E-state index in [4.69, 9.17) is 0 Å². The molecule has 0 radical (unpaired) electrons. The molecule has 26 heavy (non-hydrogen) atoms. The molecule has 0 heterocycles. The third-order valence-electron chi connectivity index (χ3n) is 4.27. The van der Waals surface area contributed by atoms with Gasteiger partial charge in [-0.25, -0.2) is 8.42 Å². The molecule has 1 amide bonds. The fraction of sp³-hybridized carbons (Fsp3) is 0.316. The highest BCUT2D eigenvalue weighted by Gasteiger charge is 2.25. The number of halogens is 1. The Labute approximate surface area is 168 Å². The smallest absolute Gasteiger partial charge is 0.262 e. The van der Waals surface area contributed by atoms with Gasteiger partial charge in [0.1, 0.15) is 0 Å². The van der Waals surface area contributed by atoms with Crippen molar-refractivity contribution >= 4 is 49.9 Å². The van der Waals surface area contributed by atoms with E-state index >= 15 is 0 Å². The van der Waals surface area contributed by atoms with Gasteiger partial charge in [0.2, 0.25) is 5.91 Å². The summed E-state index contributed by atoms with van der Waals surface area (Å²) in [6.45, 7) is 7.54. The van der Waals surface area contributed by atoms with Crippen LogP contribution in [-0.2, 0) is 14.8 Å². The third-order valence-corrected chi connectivity index (χ3v) is 6.57. The van der Waals surface area contributed by atoms with Crippen molar-refractivity contribution in [2.75, 3.05) is 10.0 Å². The molecule has 0 aromatic heterocycles. The van der Waals surface area contributed by atoms with Crippen LogP contribution in [0.2, 0.25) is 0 Å². The van der Waals surface area contributed by atoms with Crippen molar-refractivity contribution < 1.29 is 13.2 Å². The molecule has 5 nitrogen and oxygen atoms in total. The number of sulfonamides is 1. The minimum atomic E-state index is -3.76. The Balaban J connectivity index is 2.28. The van der Waals surface area contributed by atoms with Crippen molar-refractivity contribution in [2.24, 2.45) is 5.41 Å². The highest BCUT2D eigenvalue weighted by molar-refractivity contribution is 14.1. The first-order valence-corrected chi connectivity index (χ1v) is 10.8. The van der Waals surface area contributed by atoms with Crippen LogP contribution in [0.3, 0.4) is 0 Å². The molecule has 140 valence electrons. The van der Waals surface area contributed by atoms with Gasteiger partial charge in [0.05, 0.1) is 10.6 Å². The van der Waals surface area contributed by atoms with Crippen LogP contribution in [-0.4, -0.2) is 14.3 Å². The highest BCUT2D eigenvalue weighted by Crippen LogP contribution is 2.26. The molecule has 0 spiro atoms. The van der Waals surface area contributed by atoms with Gasteiger partial charge in [0.25, 0.3) is 10.0 Å². The van der Waals surface area contributed by atoms with Gasteiger partial charge in [-0.2, -0.15) is 0 Å². The monoisotopic (exact) mass is 486 g/mol. The van der Waals surface area contributed by atoms with Gasteiger partial charge < -0.3 is 5.32 Å². The Hall–Kier alpha value is -1.61. The van der Waals surface area contributed by atoms with Crippen LogP contribution in [0, 0.1) is 15.9 Å². The zero-order valence-corrected chi connectivity index (χ0v) is 18.2. The number of nitrogens with one attached hydrogen (secondary N) is 2. The van der Waals surface area contributed by atoms with E-state index in [-0.39, 0.29) is 10.8 Å². The standard InChI is InChI=1S/C19H23IN2O3S/c1-5-19(3,4)18(23)21-14-7-6-8-15(12-14)26(24,25)22-17-11-13(2)9-10-16(17)20/h6-12,22H,5H2,1-4H3,(H,21,23). The first-order chi connectivity index (χ1) is 12.0. The van der Waals surface area contributed by atoms with Gasteiger partial charge in [-0.05, 0) is 71.8 Å². The zero-order valence-electron chi connectivity index (χ0n) is 15.3. The van der Waals surface area contributed by atoms with E-state index in [1.807, 2.05) is 39.8 Å². The van der Waals surface area contributed by atoms with E-state index in [1.54, 1.807) is 18.2 Å². The molecule has 2 N–H and O–H groups in total. The van der Waals surface area contributed by atoms with Gasteiger partial charge in [0.15, 0.2) is 0 Å². The molecule has 0 aliphatic rings. The predicted molar refractivity (Wildman–Crippen MR) is 114 cm³/mol. The van der Waals surface area contributed by atoms with Gasteiger partial charge in [-0.1, -0.05) is 32.9 Å². The van der Waals surface area contributed by atoms with Crippen molar-refractivity contribution in [3.05, 3.63) is 51.6 Å². The Bertz CT molecular complexity index is 924. The number of carbonyl (C=O) groups excluding carboxylic acids is 1. The molecular formula is C19H23IN2O3S. The second kappa shape index (κ2) is 7.96. The van der Waals surface area contributed by atoms with Crippen molar-refractivity contribution in [1.82, 2.24) is 0 Å². The summed E-state index contributed by atoms with van der Waals surface area (Å²) < 4.78 is 28.9. The quantitative estimate of drug-likeness (QED) is 0.578. The molecule has 0 unspecified atom stereocenters. The van der Waals surface area contributed by atoms with Crippen molar-refractivity contribution in [3.63, 3.8) is 0 Å². The molecule has 2 aromatic carbocycles. The summed E-state index contributed by atoms with van der Waals surface area (Å²) in [6.07, 6.45) is 0.685. The summed E-state index contributed by atoms with van der Waals surface area (Å²) in [5, 5.41) is 2.80. The average molecular weight is 486 g/mol. The Morgan fingerprint density at radius 2 is 1.85 bits per heavy atom. The first-order valence-electron chi connectivity index (χ1n) is 8.25. The maximum atomic E-state index is 12.7. The fourth-order valence-electron chi connectivity index (χ4n) is 2.12. The summed E-state index contributed by atoms with van der Waals surface area (Å²) in [4.78, 5) is 12.4. The summed E-state index contributed by atoms with van der Waals surface area (Å²) >= 11 is 2.09. The molecule has 0 bridgehead atoms. The Morgan fingerprint density at radius 3 is 2.50 bits per heavy atom. The van der Waals surface area contributed by atoms with Crippen molar-refractivity contribution in [1.29, 1.82) is 0 Å². The van der Waals surface area contributed by atoms with Crippen LogP contribution in [0.25, 0.3) is 0 Å². The van der Waals surface area contributed by atoms with Gasteiger partial charge in [0, 0.05) is 14.7 Å². The Kier molecular flexibility index (Phi) is 6.33. The number of benzene rings is 2. The lowest BCUT2D eigenvalue weighted by molar-refractivity contribution is -0.124. The largest absolute Gasteiger partial charge is 0.326 e. The van der Waals surface area contributed by atoms with Crippen LogP contribution in [0.15, 0.2) is 47.4 Å². The molecule has 0 aliphatic heterocycles. The number of hydrogen-bond acceptors (Lipinski definition) is 3. The normalized spacial score (nSPS) is 11.9. The van der Waals surface area contributed by atoms with Gasteiger partial charge in [-0.15, -0.1) is 0 Å². The van der Waals surface area contributed by atoms with E-state index in [0.717, 1.165) is 9.13 Å². The van der Waals surface area contributed by atoms with Crippen LogP contribution < -0.4 is 10.0 Å². The zero-order chi connectivity index (χ0) is 19.5. The second-order valence-electron chi connectivity index (χ2n) is 6.81. The molecule has 2 aromatic rings. The van der Waals surface area contributed by atoms with E-state index in [9.17, 15) is 13.2 Å². The minimum absolute atomic E-state index is 0.0990. The lowest BCUT2D eigenvalue weighted by atomic mass is 9.89. The number of hydrogen-bond donors (Lipinski definition) is 2. The molecular weight excluding hydrogens is 463 g/mol. The number of aryl methyl sites for hydroxylation is 1. The van der Waals surface area contributed by atoms with E-state index in [0.29, 0.717) is 17.8 Å². The maximum Gasteiger partial charge on any atom is 0.262 e. The van der Waals surface area contributed by atoms with Crippen LogP contribution in [0.5, 0.6) is 0 Å². The maximum absolute atomic E-state index is 12.7. The fourth-order valence-corrected chi connectivity index (χ4v) is 3.89. The second-order valence-corrected chi connectivity index (χ2v) is 9.65. The van der Waals surface area contributed by atoms with Gasteiger partial charge in [-0.3, -0.25) is 9.52 Å². The minimum Gasteiger partial charge on any atom is -0.326 e. The molecule has 2 rings (SSSR count). The lowest BCUT2D eigenvalue weighted by Crippen LogP contribution is -2.30. The van der Waals surface area contributed by atoms with Crippen LogP contribution in [0.1, 0.15) is 32.8 Å². The molecule has 0 saturated carbocycles. The lowest BCUT2D eigenvalue weighted by Gasteiger charge is -2.21. The predicted octanol–water partition coefficient (Wildman–Crippen LogP) is 4.78. The van der Waals surface area contributed by atoms with Crippen molar-refractivity contribution in [3.8, 4) is 0 Å². The number of anilines is 2. The molecule has 0 aliphatic carbocycles. The van der Waals surface area contributed by atoms with Crippen LogP contribution >= 0.6 is 22.6 Å². The summed E-state index contributed by atoms with van der Waals surface area (Å²) in [7, 11) is -3.76. The third kappa shape index (κ3) is 4.97. The van der Waals surface area contributed by atoms with E-state index in [2.05, 4.69) is 32.6 Å². The van der Waals surface area contributed by atoms with Gasteiger partial charge >= 0.3 is 0 Å². The van der Waals surface area contributed by atoms with E-state index < -0.39 is 15.4 Å². The highest BCUT2D eigenvalue weighted by atomic mass is 127. The summed E-state index contributed by atoms with van der Waals surface area (Å²) in [5.74, 6) is -0.143. The summed E-state index contributed by atoms with van der Waals surface area (Å²) in [6, 6.07) is 11.8. The van der Waals surface area contributed by atoms with Crippen LogP contribution in [0.4, 0.5) is 11.4 Å². The molecule has 7 heteroatoms.